The maximum absolute atomic E-state index is 8.81. The van der Waals surface area contributed by atoms with E-state index < -0.39 is 49.3 Å². The lowest BCUT2D eigenvalue weighted by Gasteiger charge is -2.17. The molecule has 0 bridgehead atoms. The first-order valence-electron chi connectivity index (χ1n) is 3.51. The van der Waals surface area contributed by atoms with Crippen LogP contribution in [0.5, 0.6) is 0 Å². The Labute approximate surface area is 81.6 Å². The smallest absolute Gasteiger partial charge is 0.329 e. The number of aliphatic hydroxyl groups excluding tert-OH is 1. The quantitative estimate of drug-likeness (QED) is 0.476. The second-order valence-electron chi connectivity index (χ2n) is 2.03. The molecule has 0 saturated carbocycles. The lowest BCUT2D eigenvalue weighted by molar-refractivity contribution is 0.279. The fourth-order valence-corrected chi connectivity index (χ4v) is 10.3. The molecule has 6 nitrogen and oxygen atoms in total. The third-order valence-electron chi connectivity index (χ3n) is 1.16. The third kappa shape index (κ3) is 4.77. The van der Waals surface area contributed by atoms with Crippen molar-refractivity contribution >= 4 is 49.3 Å². The Morgan fingerprint density at radius 1 is 0.917 bits per heavy atom. The Kier molecular flexibility index (Phi) is 6.61. The number of aliphatic hydroxyl groups is 1. The summed E-state index contributed by atoms with van der Waals surface area (Å²) in [7, 11) is -5.37. The second kappa shape index (κ2) is 7.27. The summed E-state index contributed by atoms with van der Waals surface area (Å²) in [4.78, 5) is 0. The van der Waals surface area contributed by atoms with E-state index >= 15 is 0 Å². The molecule has 0 radical (unpaired) electrons. The SMILES string of the molecule is OC[SiH]1O[SiH2]O[SiH2]O[SiH2]O[SiH2]O1. The second-order valence-corrected chi connectivity index (χ2v) is 11.8. The van der Waals surface area contributed by atoms with E-state index in [1.165, 1.54) is 0 Å². The molecule has 12 heavy (non-hydrogen) atoms. The van der Waals surface area contributed by atoms with Crippen LogP contribution in [0.2, 0.25) is 0 Å². The van der Waals surface area contributed by atoms with Gasteiger partial charge in [0.05, 0.1) is 6.23 Å². The van der Waals surface area contributed by atoms with Gasteiger partial charge in [-0.25, -0.2) is 0 Å². The molecule has 0 aromatic carbocycles. The van der Waals surface area contributed by atoms with Crippen LogP contribution in [0.15, 0.2) is 0 Å². The molecule has 1 fully saturated rings. The van der Waals surface area contributed by atoms with Gasteiger partial charge in [0.25, 0.3) is 40.0 Å². The highest BCUT2D eigenvalue weighted by atomic mass is 28.4. The molecule has 0 atom stereocenters. The molecule has 0 aromatic rings. The Bertz CT molecular complexity index is 102. The van der Waals surface area contributed by atoms with Gasteiger partial charge in [0, 0.05) is 0 Å². The standard InChI is InChI=1S/CH12O6Si5/c2-1-12-6-10-4-8-3-9-5-11-7-12/h2,12H,1,8-11H2. The molecule has 1 rings (SSSR count). The van der Waals surface area contributed by atoms with Crippen molar-refractivity contribution in [3.63, 3.8) is 0 Å². The zero-order valence-corrected chi connectivity index (χ0v) is 13.4. The summed E-state index contributed by atoms with van der Waals surface area (Å²) in [6.45, 7) is 0. The van der Waals surface area contributed by atoms with E-state index in [-0.39, 0.29) is 6.23 Å². The predicted octanol–water partition coefficient (Wildman–Crippen LogP) is -5.17. The van der Waals surface area contributed by atoms with Crippen molar-refractivity contribution in [2.45, 2.75) is 0 Å². The van der Waals surface area contributed by atoms with Gasteiger partial charge >= 0.3 is 9.28 Å². The summed E-state index contributed by atoms with van der Waals surface area (Å²) in [6, 6.07) is 0. The maximum Gasteiger partial charge on any atom is 0.329 e. The van der Waals surface area contributed by atoms with Crippen LogP contribution in [0.3, 0.4) is 0 Å². The largest absolute Gasteiger partial charge is 0.425 e. The highest BCUT2D eigenvalue weighted by Crippen LogP contribution is 1.89. The fraction of sp³-hybridized carbons (Fsp3) is 1.00. The minimum atomic E-state index is -1.81. The predicted molar refractivity (Wildman–Crippen MR) is 53.8 cm³/mol. The van der Waals surface area contributed by atoms with Gasteiger partial charge < -0.3 is 25.7 Å². The summed E-state index contributed by atoms with van der Waals surface area (Å²) < 4.78 is 26.1. The van der Waals surface area contributed by atoms with Gasteiger partial charge in [0.15, 0.2) is 0 Å². The molecule has 1 aliphatic rings. The van der Waals surface area contributed by atoms with Crippen molar-refractivity contribution in [2.24, 2.45) is 0 Å². The Morgan fingerprint density at radius 2 is 1.42 bits per heavy atom. The molecule has 72 valence electrons. The first-order valence-corrected chi connectivity index (χ1v) is 9.88. The zero-order valence-electron chi connectivity index (χ0n) is 6.60. The van der Waals surface area contributed by atoms with Crippen LogP contribution in [0.1, 0.15) is 0 Å². The van der Waals surface area contributed by atoms with E-state index in [1.54, 1.807) is 0 Å². The van der Waals surface area contributed by atoms with E-state index in [2.05, 4.69) is 0 Å². The Balaban J connectivity index is 2.17. The Hall–Kier alpha value is 0.844. The summed E-state index contributed by atoms with van der Waals surface area (Å²) in [5.41, 5.74) is 0. The highest BCUT2D eigenvalue weighted by molar-refractivity contribution is 6.59. The molecular formula is CH12O6Si5. The van der Waals surface area contributed by atoms with Gasteiger partial charge in [-0.2, -0.15) is 0 Å². The molecule has 1 aliphatic heterocycles. The van der Waals surface area contributed by atoms with Gasteiger partial charge in [0.2, 0.25) is 0 Å². The molecule has 0 spiro atoms. The molecule has 0 amide bonds. The van der Waals surface area contributed by atoms with E-state index in [0.717, 1.165) is 0 Å². The topological polar surface area (TPSA) is 66.4 Å². The van der Waals surface area contributed by atoms with E-state index in [1.807, 2.05) is 0 Å². The van der Waals surface area contributed by atoms with Crippen LogP contribution in [0, 0.1) is 0 Å². The van der Waals surface area contributed by atoms with Crippen molar-refractivity contribution < 1.29 is 25.7 Å². The number of hydrogen-bond acceptors (Lipinski definition) is 6. The minimum absolute atomic E-state index is 0.0106. The van der Waals surface area contributed by atoms with Gasteiger partial charge in [-0.1, -0.05) is 0 Å². The normalized spacial score (nSPS) is 36.2. The minimum Gasteiger partial charge on any atom is -0.425 e. The van der Waals surface area contributed by atoms with E-state index in [9.17, 15) is 0 Å². The van der Waals surface area contributed by atoms with Crippen molar-refractivity contribution in [2.75, 3.05) is 6.23 Å². The van der Waals surface area contributed by atoms with E-state index in [0.29, 0.717) is 0 Å². The van der Waals surface area contributed by atoms with Gasteiger partial charge in [0.1, 0.15) is 0 Å². The first kappa shape index (κ1) is 10.9. The van der Waals surface area contributed by atoms with Crippen molar-refractivity contribution in [3.05, 3.63) is 0 Å². The summed E-state index contributed by atoms with van der Waals surface area (Å²) in [5, 5.41) is 8.81. The maximum atomic E-state index is 8.81. The van der Waals surface area contributed by atoms with Crippen molar-refractivity contribution in [3.8, 4) is 0 Å². The molecule has 1 saturated heterocycles. The third-order valence-corrected chi connectivity index (χ3v) is 9.52. The molecular weight excluding hydrogens is 248 g/mol. The molecule has 0 unspecified atom stereocenters. The summed E-state index contributed by atoms with van der Waals surface area (Å²) in [5.74, 6) is 0. The van der Waals surface area contributed by atoms with Crippen LogP contribution in [-0.4, -0.2) is 60.6 Å². The molecule has 0 aliphatic carbocycles. The summed E-state index contributed by atoms with van der Waals surface area (Å²) in [6.07, 6.45) is 0.0106. The van der Waals surface area contributed by atoms with Crippen LogP contribution in [-0.2, 0) is 20.6 Å². The lowest BCUT2D eigenvalue weighted by atomic mass is 11.7. The van der Waals surface area contributed by atoms with Gasteiger partial charge in [-0.15, -0.1) is 0 Å². The van der Waals surface area contributed by atoms with Gasteiger partial charge in [-0.3, -0.25) is 0 Å². The van der Waals surface area contributed by atoms with Crippen LogP contribution >= 0.6 is 0 Å². The fourth-order valence-electron chi connectivity index (χ4n) is 0.621. The molecule has 0 aromatic heterocycles. The first-order chi connectivity index (χ1) is 5.93. The van der Waals surface area contributed by atoms with Gasteiger partial charge in [-0.05, 0) is 0 Å². The Morgan fingerprint density at radius 3 is 1.92 bits per heavy atom. The van der Waals surface area contributed by atoms with E-state index in [4.69, 9.17) is 25.7 Å². The highest BCUT2D eigenvalue weighted by Gasteiger charge is 2.12. The molecule has 1 N–H and O–H groups in total. The zero-order chi connectivity index (χ0) is 8.65. The average molecular weight is 261 g/mol. The van der Waals surface area contributed by atoms with Crippen LogP contribution < -0.4 is 0 Å². The number of hydrogen-bond donors (Lipinski definition) is 1. The van der Waals surface area contributed by atoms with Crippen LogP contribution in [0.4, 0.5) is 0 Å². The molecule has 11 heteroatoms. The monoisotopic (exact) mass is 260 g/mol. The number of rotatable bonds is 1. The van der Waals surface area contributed by atoms with Crippen molar-refractivity contribution in [1.82, 2.24) is 0 Å². The summed E-state index contributed by atoms with van der Waals surface area (Å²) >= 11 is 0. The molecule has 1 heterocycles. The van der Waals surface area contributed by atoms with Crippen molar-refractivity contribution in [1.29, 1.82) is 0 Å². The van der Waals surface area contributed by atoms with Crippen LogP contribution in [0.25, 0.3) is 0 Å². The lowest BCUT2D eigenvalue weighted by Crippen LogP contribution is -2.35. The average Bonchev–Trinajstić information content (AvgIpc) is 2.14.